The van der Waals surface area contributed by atoms with Crippen molar-refractivity contribution in [2.45, 2.75) is 0 Å². The molecule has 0 heterocycles. The summed E-state index contributed by atoms with van der Waals surface area (Å²) in [7, 11) is 1.69. The number of likely N-dealkylation sites (N-methyl/N-ethyl adjacent to an activating group) is 1. The highest BCUT2D eigenvalue weighted by atomic mass is 16.2. The number of anilines is 1. The van der Waals surface area contributed by atoms with Gasteiger partial charge in [-0.3, -0.25) is 4.79 Å². The fourth-order valence-corrected chi connectivity index (χ4v) is 1.07. The molecule has 0 spiro atoms. The van der Waals surface area contributed by atoms with Crippen molar-refractivity contribution in [2.75, 3.05) is 18.5 Å². The number of carbonyl (C=O) groups excluding carboxylic acids is 1. The lowest BCUT2D eigenvalue weighted by Gasteiger charge is -2.14. The minimum absolute atomic E-state index is 0.0466. The number of nitrogens with zero attached hydrogens (tertiary/aromatic N) is 2. The first-order valence-corrected chi connectivity index (χ1v) is 4.25. The summed E-state index contributed by atoms with van der Waals surface area (Å²) in [5.74, 6) is -0.0466. The zero-order chi connectivity index (χ0) is 10.6. The van der Waals surface area contributed by atoms with Gasteiger partial charge < -0.3 is 10.6 Å². The Morgan fingerprint density at radius 3 is 2.50 bits per heavy atom. The Bertz CT molecular complexity index is 364. The maximum atomic E-state index is 11.3. The van der Waals surface area contributed by atoms with Gasteiger partial charge in [0.2, 0.25) is 0 Å². The van der Waals surface area contributed by atoms with E-state index >= 15 is 0 Å². The van der Waals surface area contributed by atoms with E-state index in [1.165, 1.54) is 4.90 Å². The van der Waals surface area contributed by atoms with Crippen LogP contribution in [0, 0.1) is 11.3 Å². The van der Waals surface area contributed by atoms with Crippen molar-refractivity contribution < 1.29 is 10.5 Å². The Morgan fingerprint density at radius 1 is 1.50 bits per heavy atom. The summed E-state index contributed by atoms with van der Waals surface area (Å²) in [6.45, 7) is 0.233. The summed E-state index contributed by atoms with van der Waals surface area (Å²) in [5, 5.41) is 8.58. The van der Waals surface area contributed by atoms with Crippen LogP contribution in [0.1, 0.15) is 5.56 Å². The molecule has 1 aromatic rings. The van der Waals surface area contributed by atoms with E-state index in [0.29, 0.717) is 5.56 Å². The van der Waals surface area contributed by atoms with Crippen LogP contribution < -0.4 is 10.6 Å². The number of amides is 1. The maximum absolute atomic E-state index is 11.3. The van der Waals surface area contributed by atoms with Crippen LogP contribution in [-0.2, 0) is 4.79 Å². The fourth-order valence-electron chi connectivity index (χ4n) is 1.07. The quantitative estimate of drug-likeness (QED) is 0.699. The van der Waals surface area contributed by atoms with Gasteiger partial charge in [0.05, 0.1) is 11.6 Å². The van der Waals surface area contributed by atoms with Crippen LogP contribution in [0.25, 0.3) is 0 Å². The predicted molar refractivity (Wildman–Crippen MR) is 52.3 cm³/mol. The molecule has 1 rings (SSSR count). The fraction of sp³-hybridized carbons (Fsp3) is 0.200. The molecule has 0 unspecified atom stereocenters. The summed E-state index contributed by atoms with van der Waals surface area (Å²) in [4.78, 5) is 12.8. The molecule has 0 aliphatic rings. The standard InChI is InChI=1S/C10H11N3O/c1-13(10(14)7-12)9-4-2-8(6-11)3-5-9/h2-5H,7,12H2,1H3/p+1. The van der Waals surface area contributed by atoms with Crippen LogP contribution >= 0.6 is 0 Å². The van der Waals surface area contributed by atoms with E-state index in [4.69, 9.17) is 5.26 Å². The van der Waals surface area contributed by atoms with Crippen LogP contribution in [-0.4, -0.2) is 19.5 Å². The van der Waals surface area contributed by atoms with Gasteiger partial charge >= 0.3 is 0 Å². The van der Waals surface area contributed by atoms with Gasteiger partial charge in [-0.2, -0.15) is 5.26 Å². The summed E-state index contributed by atoms with van der Waals surface area (Å²) in [6, 6.07) is 8.87. The van der Waals surface area contributed by atoms with Crippen molar-refractivity contribution >= 4 is 11.6 Å². The summed E-state index contributed by atoms with van der Waals surface area (Å²) < 4.78 is 0. The van der Waals surface area contributed by atoms with Crippen LogP contribution in [0.3, 0.4) is 0 Å². The number of quaternary nitrogens is 1. The third-order valence-electron chi connectivity index (χ3n) is 1.97. The summed E-state index contributed by atoms with van der Waals surface area (Å²) in [5.41, 5.74) is 4.89. The maximum Gasteiger partial charge on any atom is 0.281 e. The molecule has 4 nitrogen and oxygen atoms in total. The Hall–Kier alpha value is -1.86. The van der Waals surface area contributed by atoms with E-state index in [1.54, 1.807) is 31.3 Å². The van der Waals surface area contributed by atoms with Crippen LogP contribution in [0.5, 0.6) is 0 Å². The summed E-state index contributed by atoms with van der Waals surface area (Å²) in [6.07, 6.45) is 0. The van der Waals surface area contributed by atoms with Crippen molar-refractivity contribution in [2.24, 2.45) is 0 Å². The smallest absolute Gasteiger partial charge is 0.281 e. The Balaban J connectivity index is 2.88. The molecule has 1 aromatic carbocycles. The van der Waals surface area contributed by atoms with Gasteiger partial charge in [0.15, 0.2) is 6.54 Å². The van der Waals surface area contributed by atoms with Crippen LogP contribution in [0.4, 0.5) is 5.69 Å². The zero-order valence-electron chi connectivity index (χ0n) is 8.03. The zero-order valence-corrected chi connectivity index (χ0v) is 8.03. The molecule has 0 bridgehead atoms. The Labute approximate surface area is 82.5 Å². The number of benzene rings is 1. The molecule has 0 radical (unpaired) electrons. The third-order valence-corrected chi connectivity index (χ3v) is 1.97. The number of hydrogen-bond acceptors (Lipinski definition) is 2. The molecule has 0 atom stereocenters. The number of carbonyl (C=O) groups is 1. The second-order valence-corrected chi connectivity index (χ2v) is 2.86. The largest absolute Gasteiger partial charge is 0.350 e. The molecule has 0 aromatic heterocycles. The third kappa shape index (κ3) is 2.09. The first kappa shape index (κ1) is 10.2. The van der Waals surface area contributed by atoms with E-state index in [0.717, 1.165) is 5.69 Å². The lowest BCUT2D eigenvalue weighted by Crippen LogP contribution is -2.57. The molecule has 72 valence electrons. The van der Waals surface area contributed by atoms with Gasteiger partial charge in [0.1, 0.15) is 0 Å². The molecule has 0 aliphatic heterocycles. The SMILES string of the molecule is CN(C(=O)C[NH3+])c1ccc(C#N)cc1. The highest BCUT2D eigenvalue weighted by molar-refractivity contribution is 5.93. The molecule has 4 heteroatoms. The molecule has 0 saturated heterocycles. The van der Waals surface area contributed by atoms with E-state index in [9.17, 15) is 4.79 Å². The van der Waals surface area contributed by atoms with Gasteiger partial charge in [-0.25, -0.2) is 0 Å². The molecule has 0 fully saturated rings. The van der Waals surface area contributed by atoms with E-state index in [1.807, 2.05) is 6.07 Å². The first-order valence-electron chi connectivity index (χ1n) is 4.25. The monoisotopic (exact) mass is 190 g/mol. The van der Waals surface area contributed by atoms with Crippen molar-refractivity contribution in [3.8, 4) is 6.07 Å². The molecule has 0 aliphatic carbocycles. The van der Waals surface area contributed by atoms with Gasteiger partial charge in [0, 0.05) is 12.7 Å². The normalized spacial score (nSPS) is 9.21. The minimum atomic E-state index is -0.0466. The van der Waals surface area contributed by atoms with Crippen molar-refractivity contribution in [3.63, 3.8) is 0 Å². The second-order valence-electron chi connectivity index (χ2n) is 2.86. The highest BCUT2D eigenvalue weighted by Gasteiger charge is 2.09. The van der Waals surface area contributed by atoms with E-state index in [-0.39, 0.29) is 12.5 Å². The van der Waals surface area contributed by atoms with E-state index in [2.05, 4.69) is 5.73 Å². The lowest BCUT2D eigenvalue weighted by atomic mass is 10.2. The van der Waals surface area contributed by atoms with E-state index < -0.39 is 0 Å². The van der Waals surface area contributed by atoms with Gasteiger partial charge in [-0.1, -0.05) is 0 Å². The lowest BCUT2D eigenvalue weighted by molar-refractivity contribution is -0.354. The predicted octanol–water partition coefficient (Wildman–Crippen LogP) is -0.237. The topological polar surface area (TPSA) is 71.7 Å². The van der Waals surface area contributed by atoms with Gasteiger partial charge in [0.25, 0.3) is 5.91 Å². The molecular formula is C10H12N3O+. The van der Waals surface area contributed by atoms with Gasteiger partial charge in [-0.05, 0) is 24.3 Å². The number of nitriles is 1. The van der Waals surface area contributed by atoms with Crippen LogP contribution in [0.15, 0.2) is 24.3 Å². The van der Waals surface area contributed by atoms with Crippen LogP contribution in [0.2, 0.25) is 0 Å². The Kier molecular flexibility index (Phi) is 3.21. The van der Waals surface area contributed by atoms with Gasteiger partial charge in [-0.15, -0.1) is 0 Å². The Morgan fingerprint density at radius 2 is 2.07 bits per heavy atom. The van der Waals surface area contributed by atoms with Crippen molar-refractivity contribution in [3.05, 3.63) is 29.8 Å². The molecule has 3 N–H and O–H groups in total. The molecule has 0 saturated carbocycles. The summed E-state index contributed by atoms with van der Waals surface area (Å²) >= 11 is 0. The molecule has 1 amide bonds. The minimum Gasteiger partial charge on any atom is -0.350 e. The average molecular weight is 190 g/mol. The van der Waals surface area contributed by atoms with Crippen molar-refractivity contribution in [1.82, 2.24) is 0 Å². The highest BCUT2D eigenvalue weighted by Crippen LogP contribution is 2.12. The molecular weight excluding hydrogens is 178 g/mol. The second kappa shape index (κ2) is 4.40. The number of hydrogen-bond donors (Lipinski definition) is 1. The number of rotatable bonds is 2. The first-order chi connectivity index (χ1) is 6.69. The average Bonchev–Trinajstić information content (AvgIpc) is 2.27. The van der Waals surface area contributed by atoms with Crippen molar-refractivity contribution in [1.29, 1.82) is 5.26 Å². The molecule has 14 heavy (non-hydrogen) atoms.